The summed E-state index contributed by atoms with van der Waals surface area (Å²) in [5.41, 5.74) is 13.1. The summed E-state index contributed by atoms with van der Waals surface area (Å²) in [7, 11) is 0. The average molecular weight is 693 g/mol. The number of furan rings is 2. The third-order valence-electron chi connectivity index (χ3n) is 11.4. The molecule has 0 amide bonds. The van der Waals surface area contributed by atoms with Crippen LogP contribution in [0.5, 0.6) is 0 Å². The van der Waals surface area contributed by atoms with Gasteiger partial charge < -0.3 is 18.0 Å². The van der Waals surface area contributed by atoms with Crippen LogP contribution in [0.4, 0.5) is 0 Å². The molecule has 12 aromatic rings. The lowest BCUT2D eigenvalue weighted by Gasteiger charge is -2.10. The fraction of sp³-hybridized carbons (Fsp3) is 0.0400. The average Bonchev–Trinajstić information content (AvgIpc) is 3.98. The number of hydrogen-bond acceptors (Lipinski definition) is 2. The zero-order valence-electron chi connectivity index (χ0n) is 29.3. The number of nitrogens with zero attached hydrogens (tertiary/aromatic N) is 2. The molecule has 4 heterocycles. The van der Waals surface area contributed by atoms with E-state index in [1.54, 1.807) is 0 Å². The normalized spacial score (nSPS) is 12.2. The van der Waals surface area contributed by atoms with Crippen molar-refractivity contribution in [2.24, 2.45) is 0 Å². The standard InChI is InChI=1S/C50H32N2O2/c1-5-17-41-33(11-1)39-29-31(25-27-43(39)51(41)45-19-9-15-37-35-13-3-7-21-47(35)53-49(37)45)23-24-32-26-28-44-40(30-32)34-12-2-6-18-42(34)52(44)46-20-10-16-38-36-14-4-8-22-48(36)54-50(38)46/h1-22,25-30H,23-24H2. The van der Waals surface area contributed by atoms with Crippen LogP contribution in [-0.2, 0) is 12.8 Å². The molecule has 0 saturated carbocycles. The number of rotatable bonds is 5. The van der Waals surface area contributed by atoms with Gasteiger partial charge in [0, 0.05) is 43.1 Å². The Hall–Kier alpha value is -7.04. The Balaban J connectivity index is 0.939. The lowest BCUT2D eigenvalue weighted by Crippen LogP contribution is -1.96. The molecule has 0 fully saturated rings. The Morgan fingerprint density at radius 3 is 1.19 bits per heavy atom. The molecule has 4 nitrogen and oxygen atoms in total. The number of aryl methyl sites for hydroxylation is 2. The Morgan fingerprint density at radius 1 is 0.315 bits per heavy atom. The first-order valence-electron chi connectivity index (χ1n) is 18.6. The van der Waals surface area contributed by atoms with Crippen molar-refractivity contribution >= 4 is 87.5 Å². The molecular formula is C50H32N2O2. The smallest absolute Gasteiger partial charge is 0.159 e. The number of fused-ring (bicyclic) bond motifs is 12. The highest BCUT2D eigenvalue weighted by molar-refractivity contribution is 6.14. The van der Waals surface area contributed by atoms with E-state index in [9.17, 15) is 0 Å². The molecule has 254 valence electrons. The molecule has 4 aromatic heterocycles. The predicted molar refractivity (Wildman–Crippen MR) is 224 cm³/mol. The second-order valence-electron chi connectivity index (χ2n) is 14.4. The first kappa shape index (κ1) is 29.5. The van der Waals surface area contributed by atoms with E-state index >= 15 is 0 Å². The van der Waals surface area contributed by atoms with Crippen LogP contribution in [0.1, 0.15) is 11.1 Å². The number of aromatic nitrogens is 2. The van der Waals surface area contributed by atoms with Crippen molar-refractivity contribution in [2.45, 2.75) is 12.8 Å². The molecule has 0 atom stereocenters. The predicted octanol–water partition coefficient (Wildman–Crippen LogP) is 13.5. The third-order valence-corrected chi connectivity index (χ3v) is 11.4. The van der Waals surface area contributed by atoms with Gasteiger partial charge in [-0.05, 0) is 84.6 Å². The van der Waals surface area contributed by atoms with Crippen molar-refractivity contribution in [3.8, 4) is 11.4 Å². The third kappa shape index (κ3) is 4.19. The topological polar surface area (TPSA) is 36.1 Å². The Morgan fingerprint density at radius 2 is 0.704 bits per heavy atom. The summed E-state index contributed by atoms with van der Waals surface area (Å²) >= 11 is 0. The molecule has 54 heavy (non-hydrogen) atoms. The van der Waals surface area contributed by atoms with E-state index in [4.69, 9.17) is 8.83 Å². The van der Waals surface area contributed by atoms with E-state index in [0.717, 1.165) is 68.1 Å². The van der Waals surface area contributed by atoms with E-state index in [-0.39, 0.29) is 0 Å². The maximum atomic E-state index is 6.50. The molecule has 0 bridgehead atoms. The van der Waals surface area contributed by atoms with Gasteiger partial charge in [-0.1, -0.05) is 109 Å². The van der Waals surface area contributed by atoms with Crippen molar-refractivity contribution < 1.29 is 8.83 Å². The lowest BCUT2D eigenvalue weighted by molar-refractivity contribution is 0.666. The molecule has 12 rings (SSSR count). The molecule has 0 unspecified atom stereocenters. The summed E-state index contributed by atoms with van der Waals surface area (Å²) in [4.78, 5) is 0. The molecular weight excluding hydrogens is 661 g/mol. The van der Waals surface area contributed by atoms with Gasteiger partial charge in [-0.2, -0.15) is 0 Å². The van der Waals surface area contributed by atoms with Crippen molar-refractivity contribution in [1.29, 1.82) is 0 Å². The van der Waals surface area contributed by atoms with E-state index in [0.29, 0.717) is 0 Å². The molecule has 4 heteroatoms. The highest BCUT2D eigenvalue weighted by Gasteiger charge is 2.20. The minimum atomic E-state index is 0.911. The minimum absolute atomic E-state index is 0.911. The van der Waals surface area contributed by atoms with Crippen LogP contribution >= 0.6 is 0 Å². The second kappa shape index (κ2) is 11.2. The zero-order valence-corrected chi connectivity index (χ0v) is 29.3. The Bertz CT molecular complexity index is 3230. The molecule has 0 saturated heterocycles. The number of para-hydroxylation sites is 6. The summed E-state index contributed by atoms with van der Waals surface area (Å²) in [5.74, 6) is 0. The van der Waals surface area contributed by atoms with E-state index in [1.165, 1.54) is 54.7 Å². The first-order valence-corrected chi connectivity index (χ1v) is 18.6. The largest absolute Gasteiger partial charge is 0.454 e. The molecule has 8 aromatic carbocycles. The van der Waals surface area contributed by atoms with Crippen LogP contribution in [0.2, 0.25) is 0 Å². The molecule has 0 spiro atoms. The van der Waals surface area contributed by atoms with Gasteiger partial charge in [0.25, 0.3) is 0 Å². The van der Waals surface area contributed by atoms with Crippen molar-refractivity contribution in [2.75, 3.05) is 0 Å². The van der Waals surface area contributed by atoms with Gasteiger partial charge >= 0.3 is 0 Å². The molecule has 0 aliphatic heterocycles. The first-order chi connectivity index (χ1) is 26.8. The summed E-state index contributed by atoms with van der Waals surface area (Å²) in [5, 5.41) is 9.57. The molecule has 0 aliphatic rings. The van der Waals surface area contributed by atoms with Crippen molar-refractivity contribution in [1.82, 2.24) is 9.13 Å². The van der Waals surface area contributed by atoms with E-state index in [2.05, 4.69) is 167 Å². The summed E-state index contributed by atoms with van der Waals surface area (Å²) in [6.45, 7) is 0. The van der Waals surface area contributed by atoms with Gasteiger partial charge in [0.2, 0.25) is 0 Å². The van der Waals surface area contributed by atoms with Crippen molar-refractivity contribution in [3.63, 3.8) is 0 Å². The van der Waals surface area contributed by atoms with Gasteiger partial charge in [0.15, 0.2) is 11.2 Å². The number of benzene rings is 8. The van der Waals surface area contributed by atoms with Gasteiger partial charge in [-0.15, -0.1) is 0 Å². The van der Waals surface area contributed by atoms with Crippen LogP contribution in [0.15, 0.2) is 179 Å². The fourth-order valence-electron chi connectivity index (χ4n) is 8.98. The highest BCUT2D eigenvalue weighted by Crippen LogP contribution is 2.40. The fourth-order valence-corrected chi connectivity index (χ4v) is 8.98. The molecule has 0 radical (unpaired) electrons. The number of hydrogen-bond donors (Lipinski definition) is 0. The maximum Gasteiger partial charge on any atom is 0.159 e. The van der Waals surface area contributed by atoms with Crippen LogP contribution in [0.3, 0.4) is 0 Å². The van der Waals surface area contributed by atoms with E-state index in [1.807, 2.05) is 12.1 Å². The van der Waals surface area contributed by atoms with Crippen LogP contribution in [0, 0.1) is 0 Å². The SMILES string of the molecule is c1ccc2c(c1)oc1c(-n3c4ccccc4c4cc(CCc5ccc6c(c5)c5ccccc5n6-c5cccc6c5oc5ccccc56)ccc43)cccc12. The second-order valence-corrected chi connectivity index (χ2v) is 14.4. The highest BCUT2D eigenvalue weighted by atomic mass is 16.3. The Labute approximate surface area is 309 Å². The quantitative estimate of drug-likeness (QED) is 0.180. The van der Waals surface area contributed by atoms with Gasteiger partial charge in [-0.3, -0.25) is 0 Å². The Kier molecular flexibility index (Phi) is 6.14. The van der Waals surface area contributed by atoms with Gasteiger partial charge in [-0.25, -0.2) is 0 Å². The van der Waals surface area contributed by atoms with Gasteiger partial charge in [0.1, 0.15) is 11.2 Å². The van der Waals surface area contributed by atoms with Crippen LogP contribution in [0.25, 0.3) is 98.9 Å². The molecule has 0 aliphatic carbocycles. The minimum Gasteiger partial charge on any atom is -0.454 e. The van der Waals surface area contributed by atoms with Crippen LogP contribution < -0.4 is 0 Å². The summed E-state index contributed by atoms with van der Waals surface area (Å²) < 4.78 is 17.7. The summed E-state index contributed by atoms with van der Waals surface area (Å²) in [6.07, 6.45) is 1.88. The summed E-state index contributed by atoms with van der Waals surface area (Å²) in [6, 6.07) is 61.0. The monoisotopic (exact) mass is 692 g/mol. The zero-order chi connectivity index (χ0) is 35.3. The van der Waals surface area contributed by atoms with Gasteiger partial charge in [0.05, 0.1) is 33.4 Å². The molecule has 0 N–H and O–H groups in total. The van der Waals surface area contributed by atoms with Crippen LogP contribution in [-0.4, -0.2) is 9.13 Å². The van der Waals surface area contributed by atoms with E-state index < -0.39 is 0 Å². The maximum absolute atomic E-state index is 6.50. The lowest BCUT2D eigenvalue weighted by atomic mass is 10.0. The van der Waals surface area contributed by atoms with Crippen molar-refractivity contribution in [3.05, 3.63) is 181 Å².